The predicted molar refractivity (Wildman–Crippen MR) is 97.8 cm³/mol. The zero-order valence-electron chi connectivity index (χ0n) is 15.9. The molecule has 25 heavy (non-hydrogen) atoms. The Hall–Kier alpha value is -1.95. The third kappa shape index (κ3) is 5.53. The first-order valence-electron chi connectivity index (χ1n) is 8.90. The SMILES string of the molecule is CCOc1ccc(C(C)C(C)CC(N)C(=O)O)c(OCC)c1OCC. The molecule has 0 aromatic heterocycles. The Morgan fingerprint density at radius 2 is 1.60 bits per heavy atom. The van der Waals surface area contributed by atoms with Crippen LogP contribution in [0.15, 0.2) is 12.1 Å². The van der Waals surface area contributed by atoms with Gasteiger partial charge in [0.2, 0.25) is 5.75 Å². The van der Waals surface area contributed by atoms with Gasteiger partial charge in [-0.05, 0) is 45.1 Å². The van der Waals surface area contributed by atoms with E-state index in [1.807, 2.05) is 46.8 Å². The predicted octanol–water partition coefficient (Wildman–Crippen LogP) is 3.42. The third-order valence-corrected chi connectivity index (χ3v) is 4.27. The minimum absolute atomic E-state index is 0.0573. The molecule has 0 fully saturated rings. The van der Waals surface area contributed by atoms with Gasteiger partial charge in [-0.2, -0.15) is 0 Å². The number of carbonyl (C=O) groups is 1. The lowest BCUT2D eigenvalue weighted by Crippen LogP contribution is -2.32. The summed E-state index contributed by atoms with van der Waals surface area (Å²) in [5.41, 5.74) is 6.67. The Labute approximate surface area is 150 Å². The molecule has 6 heteroatoms. The first-order chi connectivity index (χ1) is 11.9. The van der Waals surface area contributed by atoms with Crippen LogP contribution in [0.5, 0.6) is 17.2 Å². The first-order valence-corrected chi connectivity index (χ1v) is 8.90. The molecule has 0 aliphatic heterocycles. The van der Waals surface area contributed by atoms with E-state index in [-0.39, 0.29) is 11.8 Å². The second-order valence-corrected chi connectivity index (χ2v) is 6.06. The Kier molecular flexibility index (Phi) is 8.55. The van der Waals surface area contributed by atoms with Crippen LogP contribution in [0.3, 0.4) is 0 Å². The van der Waals surface area contributed by atoms with Gasteiger partial charge in [0.1, 0.15) is 6.04 Å². The Balaban J connectivity index is 3.23. The van der Waals surface area contributed by atoms with Crippen LogP contribution in [-0.2, 0) is 4.79 Å². The van der Waals surface area contributed by atoms with Gasteiger partial charge in [0.15, 0.2) is 11.5 Å². The van der Waals surface area contributed by atoms with Crippen molar-refractivity contribution in [2.24, 2.45) is 11.7 Å². The lowest BCUT2D eigenvalue weighted by molar-refractivity contribution is -0.138. The van der Waals surface area contributed by atoms with Gasteiger partial charge in [0.25, 0.3) is 0 Å². The quantitative estimate of drug-likeness (QED) is 0.633. The van der Waals surface area contributed by atoms with E-state index >= 15 is 0 Å². The van der Waals surface area contributed by atoms with Gasteiger partial charge >= 0.3 is 5.97 Å². The van der Waals surface area contributed by atoms with Crippen molar-refractivity contribution in [3.63, 3.8) is 0 Å². The van der Waals surface area contributed by atoms with Crippen LogP contribution in [0.2, 0.25) is 0 Å². The smallest absolute Gasteiger partial charge is 0.320 e. The monoisotopic (exact) mass is 353 g/mol. The number of hydrogen-bond acceptors (Lipinski definition) is 5. The van der Waals surface area contributed by atoms with Gasteiger partial charge in [0.05, 0.1) is 19.8 Å². The van der Waals surface area contributed by atoms with Crippen molar-refractivity contribution in [2.45, 2.75) is 53.0 Å². The fourth-order valence-electron chi connectivity index (χ4n) is 2.77. The molecule has 3 atom stereocenters. The summed E-state index contributed by atoms with van der Waals surface area (Å²) in [6, 6.07) is 2.97. The van der Waals surface area contributed by atoms with Crippen molar-refractivity contribution in [2.75, 3.05) is 19.8 Å². The summed E-state index contributed by atoms with van der Waals surface area (Å²) < 4.78 is 17.3. The summed E-state index contributed by atoms with van der Waals surface area (Å²) in [7, 11) is 0. The van der Waals surface area contributed by atoms with Crippen LogP contribution in [0.25, 0.3) is 0 Å². The highest BCUT2D eigenvalue weighted by atomic mass is 16.5. The summed E-state index contributed by atoms with van der Waals surface area (Å²) in [6.07, 6.45) is 0.388. The maximum Gasteiger partial charge on any atom is 0.320 e. The number of aliphatic carboxylic acids is 1. The molecule has 0 amide bonds. The molecular weight excluding hydrogens is 322 g/mol. The van der Waals surface area contributed by atoms with Crippen molar-refractivity contribution in [3.8, 4) is 17.2 Å². The summed E-state index contributed by atoms with van der Waals surface area (Å²) in [4.78, 5) is 11.0. The number of rotatable bonds is 11. The lowest BCUT2D eigenvalue weighted by Gasteiger charge is -2.26. The molecule has 0 heterocycles. The average molecular weight is 353 g/mol. The molecule has 6 nitrogen and oxygen atoms in total. The lowest BCUT2D eigenvalue weighted by atomic mass is 9.84. The van der Waals surface area contributed by atoms with E-state index in [4.69, 9.17) is 25.1 Å². The molecular formula is C19H31NO5. The number of nitrogens with two attached hydrogens (primary N) is 1. The summed E-state index contributed by atoms with van der Waals surface area (Å²) in [5, 5.41) is 9.05. The van der Waals surface area contributed by atoms with E-state index in [1.54, 1.807) is 0 Å². The normalized spacial score (nSPS) is 14.5. The number of hydrogen-bond donors (Lipinski definition) is 2. The van der Waals surface area contributed by atoms with Crippen LogP contribution in [0.1, 0.15) is 52.5 Å². The minimum Gasteiger partial charge on any atom is -0.490 e. The molecule has 1 rings (SSSR count). The molecule has 0 aliphatic carbocycles. The van der Waals surface area contributed by atoms with Crippen LogP contribution < -0.4 is 19.9 Å². The number of benzene rings is 1. The maximum absolute atomic E-state index is 11.0. The Morgan fingerprint density at radius 3 is 2.12 bits per heavy atom. The molecule has 1 aromatic rings. The largest absolute Gasteiger partial charge is 0.490 e. The van der Waals surface area contributed by atoms with Gasteiger partial charge in [-0.15, -0.1) is 0 Å². The molecule has 0 bridgehead atoms. The molecule has 0 spiro atoms. The standard InChI is InChI=1S/C19H31NO5/c1-6-23-16-10-9-14(17(24-7-2)18(16)25-8-3)13(5)12(4)11-15(20)19(21)22/h9-10,12-13,15H,6-8,11,20H2,1-5H3,(H,21,22). The van der Waals surface area contributed by atoms with Gasteiger partial charge in [-0.1, -0.05) is 19.9 Å². The molecule has 1 aromatic carbocycles. The van der Waals surface area contributed by atoms with E-state index in [0.29, 0.717) is 43.5 Å². The molecule has 0 saturated carbocycles. The highest BCUT2D eigenvalue weighted by Crippen LogP contribution is 2.45. The molecule has 3 unspecified atom stereocenters. The van der Waals surface area contributed by atoms with Crippen molar-refractivity contribution < 1.29 is 24.1 Å². The highest BCUT2D eigenvalue weighted by molar-refractivity contribution is 5.73. The van der Waals surface area contributed by atoms with Crippen molar-refractivity contribution in [1.82, 2.24) is 0 Å². The molecule has 0 aliphatic rings. The topological polar surface area (TPSA) is 91.0 Å². The zero-order valence-corrected chi connectivity index (χ0v) is 15.9. The summed E-state index contributed by atoms with van der Waals surface area (Å²) >= 11 is 0. The third-order valence-electron chi connectivity index (χ3n) is 4.27. The van der Waals surface area contributed by atoms with Crippen molar-refractivity contribution in [1.29, 1.82) is 0 Å². The van der Waals surface area contributed by atoms with Gasteiger partial charge in [-0.3, -0.25) is 4.79 Å². The number of carboxylic acid groups (broad SMARTS) is 1. The zero-order chi connectivity index (χ0) is 19.0. The average Bonchev–Trinajstić information content (AvgIpc) is 2.57. The van der Waals surface area contributed by atoms with Crippen LogP contribution >= 0.6 is 0 Å². The van der Waals surface area contributed by atoms with E-state index < -0.39 is 12.0 Å². The van der Waals surface area contributed by atoms with Gasteiger partial charge < -0.3 is 25.1 Å². The summed E-state index contributed by atoms with van der Waals surface area (Å²) in [6.45, 7) is 11.3. The Bertz CT molecular complexity index is 561. The fourth-order valence-corrected chi connectivity index (χ4v) is 2.77. The van der Waals surface area contributed by atoms with Crippen LogP contribution in [0.4, 0.5) is 0 Å². The maximum atomic E-state index is 11.0. The second kappa shape index (κ2) is 10.1. The van der Waals surface area contributed by atoms with Gasteiger partial charge in [-0.25, -0.2) is 0 Å². The van der Waals surface area contributed by atoms with E-state index in [0.717, 1.165) is 5.56 Å². The fraction of sp³-hybridized carbons (Fsp3) is 0.632. The van der Waals surface area contributed by atoms with Gasteiger partial charge in [0, 0.05) is 5.56 Å². The minimum atomic E-state index is -0.981. The van der Waals surface area contributed by atoms with E-state index in [9.17, 15) is 4.79 Å². The highest BCUT2D eigenvalue weighted by Gasteiger charge is 2.26. The number of ether oxygens (including phenoxy) is 3. The van der Waals surface area contributed by atoms with Crippen LogP contribution in [-0.4, -0.2) is 36.9 Å². The molecule has 142 valence electrons. The Morgan fingerprint density at radius 1 is 1.04 bits per heavy atom. The molecule has 0 saturated heterocycles. The van der Waals surface area contributed by atoms with E-state index in [1.165, 1.54) is 0 Å². The van der Waals surface area contributed by atoms with Crippen molar-refractivity contribution in [3.05, 3.63) is 17.7 Å². The van der Waals surface area contributed by atoms with Crippen LogP contribution in [0, 0.1) is 5.92 Å². The molecule has 3 N–H and O–H groups in total. The van der Waals surface area contributed by atoms with Crippen molar-refractivity contribution >= 4 is 5.97 Å². The second-order valence-electron chi connectivity index (χ2n) is 6.06. The summed E-state index contributed by atoms with van der Waals surface area (Å²) in [5.74, 6) is 1.06. The number of carboxylic acids is 1. The van der Waals surface area contributed by atoms with E-state index in [2.05, 4.69) is 0 Å². The first kappa shape index (κ1) is 21.1. The molecule has 0 radical (unpaired) electrons.